The minimum Gasteiger partial charge on any atom is -0.322 e. The molecular formula is C27H25N3O. The molecule has 3 N–H and O–H groups in total. The number of carbonyl (C=O) groups is 1. The zero-order valence-corrected chi connectivity index (χ0v) is 17.1. The average molecular weight is 408 g/mol. The topological polar surface area (TPSA) is 68.0 Å². The minimum atomic E-state index is -0.498. The zero-order valence-electron chi connectivity index (χ0n) is 17.1. The van der Waals surface area contributed by atoms with Gasteiger partial charge in [0.15, 0.2) is 0 Å². The molecule has 3 unspecified atom stereocenters. The molecule has 0 saturated carbocycles. The fraction of sp³-hybridized carbons (Fsp3) is 0.111. The van der Waals surface area contributed by atoms with Crippen LogP contribution in [0.5, 0.6) is 0 Å². The summed E-state index contributed by atoms with van der Waals surface area (Å²) in [7, 11) is 0. The molecule has 0 aliphatic carbocycles. The van der Waals surface area contributed by atoms with Crippen molar-refractivity contribution in [2.24, 2.45) is 5.73 Å². The highest BCUT2D eigenvalue weighted by Crippen LogP contribution is 2.30. The SMILES string of the molecule is NC(c1ccccc1)C(NC(C=O)c1cccc(-c2ccncc2)c1)c1ccccc1. The van der Waals surface area contributed by atoms with Crippen LogP contribution in [0.2, 0.25) is 0 Å². The molecule has 1 aromatic heterocycles. The highest BCUT2D eigenvalue weighted by molar-refractivity contribution is 5.67. The van der Waals surface area contributed by atoms with Crippen LogP contribution in [0.1, 0.15) is 34.8 Å². The summed E-state index contributed by atoms with van der Waals surface area (Å²) in [5, 5.41) is 3.51. The van der Waals surface area contributed by atoms with Crippen LogP contribution in [0.4, 0.5) is 0 Å². The predicted molar refractivity (Wildman–Crippen MR) is 124 cm³/mol. The van der Waals surface area contributed by atoms with Crippen LogP contribution >= 0.6 is 0 Å². The van der Waals surface area contributed by atoms with Gasteiger partial charge in [0.2, 0.25) is 0 Å². The Kier molecular flexibility index (Phi) is 6.62. The van der Waals surface area contributed by atoms with Gasteiger partial charge < -0.3 is 10.5 Å². The highest BCUT2D eigenvalue weighted by atomic mass is 16.1. The summed E-state index contributed by atoms with van der Waals surface area (Å²) in [6.07, 6.45) is 4.48. The number of aromatic nitrogens is 1. The van der Waals surface area contributed by atoms with Crippen molar-refractivity contribution in [1.82, 2.24) is 10.3 Å². The van der Waals surface area contributed by atoms with Crippen molar-refractivity contribution >= 4 is 6.29 Å². The van der Waals surface area contributed by atoms with Crippen LogP contribution in [0.25, 0.3) is 11.1 Å². The van der Waals surface area contributed by atoms with Crippen LogP contribution in [0.3, 0.4) is 0 Å². The van der Waals surface area contributed by atoms with Crippen molar-refractivity contribution in [1.29, 1.82) is 0 Å². The molecule has 4 rings (SSSR count). The van der Waals surface area contributed by atoms with Gasteiger partial charge in [-0.05, 0) is 46.0 Å². The van der Waals surface area contributed by atoms with Gasteiger partial charge in [0.25, 0.3) is 0 Å². The molecule has 4 aromatic rings. The maximum Gasteiger partial charge on any atom is 0.141 e. The molecule has 0 spiro atoms. The largest absolute Gasteiger partial charge is 0.322 e. The van der Waals surface area contributed by atoms with Gasteiger partial charge in [-0.25, -0.2) is 0 Å². The molecule has 4 nitrogen and oxygen atoms in total. The zero-order chi connectivity index (χ0) is 21.5. The standard InChI is InChI=1S/C27H25N3O/c28-26(21-8-3-1-4-9-21)27(22-10-5-2-6-11-22)30-25(19-31)24-13-7-12-23(18-24)20-14-16-29-17-15-20/h1-19,25-27,30H,28H2. The first kappa shape index (κ1) is 20.7. The van der Waals surface area contributed by atoms with Gasteiger partial charge in [-0.3, -0.25) is 10.3 Å². The Hall–Kier alpha value is -3.60. The lowest BCUT2D eigenvalue weighted by molar-refractivity contribution is -0.109. The molecule has 0 bridgehead atoms. The maximum atomic E-state index is 12.2. The number of hydrogen-bond acceptors (Lipinski definition) is 4. The number of benzene rings is 3. The Labute approximate surface area is 182 Å². The molecule has 0 saturated heterocycles. The third kappa shape index (κ3) is 4.94. The van der Waals surface area contributed by atoms with E-state index in [1.54, 1.807) is 12.4 Å². The Balaban J connectivity index is 1.66. The second kappa shape index (κ2) is 9.94. The van der Waals surface area contributed by atoms with E-state index in [0.717, 1.165) is 34.1 Å². The number of nitrogens with one attached hydrogen (secondary N) is 1. The third-order valence-electron chi connectivity index (χ3n) is 5.46. The number of nitrogens with two attached hydrogens (primary N) is 1. The number of nitrogens with zero attached hydrogens (tertiary/aromatic N) is 1. The van der Waals surface area contributed by atoms with Crippen LogP contribution in [-0.4, -0.2) is 11.3 Å². The molecule has 0 amide bonds. The van der Waals surface area contributed by atoms with Crippen LogP contribution in [0.15, 0.2) is 109 Å². The number of aldehydes is 1. The summed E-state index contributed by atoms with van der Waals surface area (Å²) >= 11 is 0. The summed E-state index contributed by atoms with van der Waals surface area (Å²) in [5.41, 5.74) is 11.7. The van der Waals surface area contributed by atoms with Crippen LogP contribution in [-0.2, 0) is 4.79 Å². The number of rotatable bonds is 8. The van der Waals surface area contributed by atoms with Crippen molar-refractivity contribution in [3.05, 3.63) is 126 Å². The van der Waals surface area contributed by atoms with Crippen LogP contribution in [0, 0.1) is 0 Å². The lowest BCUT2D eigenvalue weighted by Crippen LogP contribution is -2.35. The molecular weight excluding hydrogens is 382 g/mol. The van der Waals surface area contributed by atoms with Gasteiger partial charge in [0, 0.05) is 18.4 Å². The first-order valence-corrected chi connectivity index (χ1v) is 10.3. The van der Waals surface area contributed by atoms with Crippen molar-refractivity contribution < 1.29 is 4.79 Å². The molecule has 3 atom stereocenters. The maximum absolute atomic E-state index is 12.2. The van der Waals surface area contributed by atoms with E-state index in [9.17, 15) is 4.79 Å². The second-order valence-corrected chi connectivity index (χ2v) is 7.47. The van der Waals surface area contributed by atoms with E-state index in [2.05, 4.69) is 10.3 Å². The normalized spacial score (nSPS) is 13.8. The summed E-state index contributed by atoms with van der Waals surface area (Å²) in [4.78, 5) is 16.2. The van der Waals surface area contributed by atoms with Crippen molar-refractivity contribution in [2.75, 3.05) is 0 Å². The quantitative estimate of drug-likeness (QED) is 0.403. The van der Waals surface area contributed by atoms with E-state index in [1.807, 2.05) is 97.1 Å². The fourth-order valence-corrected chi connectivity index (χ4v) is 3.80. The van der Waals surface area contributed by atoms with Gasteiger partial charge in [-0.2, -0.15) is 0 Å². The van der Waals surface area contributed by atoms with E-state index in [4.69, 9.17) is 5.73 Å². The number of pyridine rings is 1. The van der Waals surface area contributed by atoms with Crippen molar-refractivity contribution in [2.45, 2.75) is 18.1 Å². The fourth-order valence-electron chi connectivity index (χ4n) is 3.80. The summed E-state index contributed by atoms with van der Waals surface area (Å²) in [6.45, 7) is 0. The molecule has 0 radical (unpaired) electrons. The molecule has 4 heteroatoms. The van der Waals surface area contributed by atoms with Crippen LogP contribution < -0.4 is 11.1 Å². The van der Waals surface area contributed by atoms with Gasteiger partial charge in [0.1, 0.15) is 6.29 Å². The minimum absolute atomic E-state index is 0.233. The smallest absolute Gasteiger partial charge is 0.141 e. The average Bonchev–Trinajstić information content (AvgIpc) is 2.86. The molecule has 0 aliphatic heterocycles. The Bertz CT molecular complexity index is 1100. The van der Waals surface area contributed by atoms with Gasteiger partial charge in [-0.1, -0.05) is 78.9 Å². The molecule has 31 heavy (non-hydrogen) atoms. The number of hydrogen-bond donors (Lipinski definition) is 2. The first-order valence-electron chi connectivity index (χ1n) is 10.3. The molecule has 3 aromatic carbocycles. The predicted octanol–water partition coefficient (Wildman–Crippen LogP) is 5.02. The Morgan fingerprint density at radius 3 is 1.97 bits per heavy atom. The summed E-state index contributed by atoms with van der Waals surface area (Å²) < 4.78 is 0. The summed E-state index contributed by atoms with van der Waals surface area (Å²) in [6, 6.07) is 30.9. The van der Waals surface area contributed by atoms with Crippen molar-refractivity contribution in [3.8, 4) is 11.1 Å². The van der Waals surface area contributed by atoms with E-state index in [1.165, 1.54) is 0 Å². The molecule has 1 heterocycles. The second-order valence-electron chi connectivity index (χ2n) is 7.47. The lowest BCUT2D eigenvalue weighted by atomic mass is 9.92. The van der Waals surface area contributed by atoms with E-state index >= 15 is 0 Å². The lowest BCUT2D eigenvalue weighted by Gasteiger charge is -2.29. The first-order chi connectivity index (χ1) is 15.3. The van der Waals surface area contributed by atoms with Gasteiger partial charge in [-0.15, -0.1) is 0 Å². The Morgan fingerprint density at radius 1 is 0.710 bits per heavy atom. The molecule has 154 valence electrons. The monoisotopic (exact) mass is 407 g/mol. The molecule has 0 fully saturated rings. The molecule has 0 aliphatic rings. The highest BCUT2D eigenvalue weighted by Gasteiger charge is 2.25. The van der Waals surface area contributed by atoms with E-state index < -0.39 is 6.04 Å². The number of carbonyl (C=O) groups excluding carboxylic acids is 1. The summed E-state index contributed by atoms with van der Waals surface area (Å²) in [5.74, 6) is 0. The van der Waals surface area contributed by atoms with E-state index in [0.29, 0.717) is 0 Å². The van der Waals surface area contributed by atoms with Gasteiger partial charge in [0.05, 0.1) is 12.1 Å². The third-order valence-corrected chi connectivity index (χ3v) is 5.46. The van der Waals surface area contributed by atoms with Crippen molar-refractivity contribution in [3.63, 3.8) is 0 Å². The van der Waals surface area contributed by atoms with Gasteiger partial charge >= 0.3 is 0 Å². The Morgan fingerprint density at radius 2 is 1.32 bits per heavy atom. The van der Waals surface area contributed by atoms with E-state index in [-0.39, 0.29) is 12.1 Å².